The molecule has 0 spiro atoms. The monoisotopic (exact) mass is 376 g/mol. The maximum absolute atomic E-state index is 12.4. The lowest BCUT2D eigenvalue weighted by atomic mass is 10.2. The zero-order chi connectivity index (χ0) is 19.1. The summed E-state index contributed by atoms with van der Waals surface area (Å²) in [6.07, 6.45) is 0. The van der Waals surface area contributed by atoms with E-state index < -0.39 is 5.97 Å². The Hall–Kier alpha value is -2.73. The highest BCUT2D eigenvalue weighted by atomic mass is 35.5. The summed E-state index contributed by atoms with van der Waals surface area (Å²) < 4.78 is 10.3. The van der Waals surface area contributed by atoms with Crippen molar-refractivity contribution in [2.24, 2.45) is 0 Å². The molecule has 0 fully saturated rings. The minimum Gasteiger partial charge on any atom is -0.496 e. The first-order valence-electron chi connectivity index (χ1n) is 8.08. The molecule has 0 aliphatic carbocycles. The number of anilines is 1. The summed E-state index contributed by atoms with van der Waals surface area (Å²) in [7, 11) is 1.41. The number of rotatable bonds is 7. The van der Waals surface area contributed by atoms with E-state index in [1.165, 1.54) is 19.2 Å². The summed E-state index contributed by atoms with van der Waals surface area (Å²) in [5.41, 5.74) is 7.10. The second-order valence-corrected chi connectivity index (χ2v) is 5.95. The summed E-state index contributed by atoms with van der Waals surface area (Å²) in [5.74, 6) is -0.751. The molecule has 2 aromatic rings. The zero-order valence-electron chi connectivity index (χ0n) is 14.7. The molecule has 138 valence electrons. The number of hydrogen-bond acceptors (Lipinski definition) is 5. The van der Waals surface area contributed by atoms with Gasteiger partial charge >= 0.3 is 5.97 Å². The first-order chi connectivity index (χ1) is 12.5. The summed E-state index contributed by atoms with van der Waals surface area (Å²) in [5, 5.41) is 0.211. The van der Waals surface area contributed by atoms with Gasteiger partial charge in [0.2, 0.25) is 0 Å². The SMILES string of the molecule is CCN(Cc1ccccc1)C(=O)COC(=O)c1cc(Cl)c(N)cc1OC. The van der Waals surface area contributed by atoms with Gasteiger partial charge in [-0.25, -0.2) is 4.79 Å². The van der Waals surface area contributed by atoms with Crippen molar-refractivity contribution in [2.75, 3.05) is 26.0 Å². The maximum Gasteiger partial charge on any atom is 0.342 e. The quantitative estimate of drug-likeness (QED) is 0.593. The molecule has 0 aliphatic heterocycles. The third-order valence-corrected chi connectivity index (χ3v) is 4.14. The van der Waals surface area contributed by atoms with Gasteiger partial charge in [0.15, 0.2) is 6.61 Å². The molecule has 0 unspecified atom stereocenters. The van der Waals surface area contributed by atoms with Crippen LogP contribution in [0.5, 0.6) is 5.75 Å². The molecule has 7 heteroatoms. The van der Waals surface area contributed by atoms with E-state index in [-0.39, 0.29) is 34.5 Å². The Morgan fingerprint density at radius 3 is 2.50 bits per heavy atom. The number of carbonyl (C=O) groups excluding carboxylic acids is 2. The van der Waals surface area contributed by atoms with Crippen LogP contribution in [0.2, 0.25) is 5.02 Å². The van der Waals surface area contributed by atoms with Gasteiger partial charge in [0, 0.05) is 19.2 Å². The van der Waals surface area contributed by atoms with E-state index in [1.54, 1.807) is 4.90 Å². The second-order valence-electron chi connectivity index (χ2n) is 5.54. The largest absolute Gasteiger partial charge is 0.496 e. The molecule has 0 radical (unpaired) electrons. The molecule has 0 aromatic heterocycles. The first kappa shape index (κ1) is 19.6. The van der Waals surface area contributed by atoms with Crippen LogP contribution in [0.25, 0.3) is 0 Å². The Bertz CT molecular complexity index is 781. The lowest BCUT2D eigenvalue weighted by Gasteiger charge is -2.21. The first-order valence-corrected chi connectivity index (χ1v) is 8.45. The van der Waals surface area contributed by atoms with Crippen molar-refractivity contribution < 1.29 is 19.1 Å². The lowest BCUT2D eigenvalue weighted by Crippen LogP contribution is -2.34. The molecule has 26 heavy (non-hydrogen) atoms. The van der Waals surface area contributed by atoms with Crippen molar-refractivity contribution in [3.05, 3.63) is 58.6 Å². The fourth-order valence-electron chi connectivity index (χ4n) is 2.37. The van der Waals surface area contributed by atoms with Gasteiger partial charge in [-0.15, -0.1) is 0 Å². The van der Waals surface area contributed by atoms with Crippen LogP contribution < -0.4 is 10.5 Å². The summed E-state index contributed by atoms with van der Waals surface area (Å²) in [6.45, 7) is 2.45. The summed E-state index contributed by atoms with van der Waals surface area (Å²) >= 11 is 5.95. The van der Waals surface area contributed by atoms with Crippen molar-refractivity contribution in [2.45, 2.75) is 13.5 Å². The number of benzene rings is 2. The minimum absolute atomic E-state index is 0.116. The molecule has 2 aromatic carbocycles. The van der Waals surface area contributed by atoms with Crippen LogP contribution in [-0.2, 0) is 16.1 Å². The Morgan fingerprint density at radius 2 is 1.88 bits per heavy atom. The van der Waals surface area contributed by atoms with Crippen LogP contribution in [0.15, 0.2) is 42.5 Å². The fraction of sp³-hybridized carbons (Fsp3) is 0.263. The fourth-order valence-corrected chi connectivity index (χ4v) is 2.54. The molecule has 0 aliphatic rings. The molecule has 1 amide bonds. The topological polar surface area (TPSA) is 81.9 Å². The minimum atomic E-state index is -0.701. The van der Waals surface area contributed by atoms with E-state index in [4.69, 9.17) is 26.8 Å². The molecule has 0 atom stereocenters. The number of carbonyl (C=O) groups is 2. The van der Waals surface area contributed by atoms with E-state index in [0.29, 0.717) is 13.1 Å². The molecule has 0 heterocycles. The molecule has 2 rings (SSSR count). The number of ether oxygens (including phenoxy) is 2. The van der Waals surface area contributed by atoms with Gasteiger partial charge in [-0.05, 0) is 18.6 Å². The number of methoxy groups -OCH3 is 1. The van der Waals surface area contributed by atoms with E-state index >= 15 is 0 Å². The van der Waals surface area contributed by atoms with Gasteiger partial charge in [0.25, 0.3) is 5.91 Å². The van der Waals surface area contributed by atoms with Crippen molar-refractivity contribution >= 4 is 29.2 Å². The molecule has 6 nitrogen and oxygen atoms in total. The number of likely N-dealkylation sites (N-methyl/N-ethyl adjacent to an activating group) is 1. The van der Waals surface area contributed by atoms with E-state index in [2.05, 4.69) is 0 Å². The average Bonchev–Trinajstić information content (AvgIpc) is 2.66. The van der Waals surface area contributed by atoms with Gasteiger partial charge in [0.05, 0.1) is 17.8 Å². The van der Waals surface area contributed by atoms with Crippen LogP contribution in [0, 0.1) is 0 Å². The molecular formula is C19H21ClN2O4. The van der Waals surface area contributed by atoms with E-state index in [9.17, 15) is 9.59 Å². The highest BCUT2D eigenvalue weighted by Gasteiger charge is 2.19. The number of halogens is 1. The third-order valence-electron chi connectivity index (χ3n) is 3.82. The summed E-state index contributed by atoms with van der Waals surface area (Å²) in [4.78, 5) is 26.3. The Kier molecular flexibility index (Phi) is 6.86. The molecular weight excluding hydrogens is 356 g/mol. The number of nitrogens with two attached hydrogens (primary N) is 1. The number of nitrogen functional groups attached to an aromatic ring is 1. The van der Waals surface area contributed by atoms with Crippen molar-refractivity contribution in [1.82, 2.24) is 4.90 Å². The zero-order valence-corrected chi connectivity index (χ0v) is 15.5. The number of esters is 1. The Morgan fingerprint density at radius 1 is 1.19 bits per heavy atom. The molecule has 0 saturated heterocycles. The van der Waals surface area contributed by atoms with Crippen molar-refractivity contribution in [3.8, 4) is 5.75 Å². The van der Waals surface area contributed by atoms with Crippen molar-refractivity contribution in [1.29, 1.82) is 0 Å². The maximum atomic E-state index is 12.4. The number of hydrogen-bond donors (Lipinski definition) is 1. The molecule has 0 saturated carbocycles. The van der Waals surface area contributed by atoms with Gasteiger partial charge in [-0.3, -0.25) is 4.79 Å². The van der Waals surface area contributed by atoms with Gasteiger partial charge in [-0.2, -0.15) is 0 Å². The second kappa shape index (κ2) is 9.10. The Labute approximate surface area is 157 Å². The van der Waals surface area contributed by atoms with E-state index in [1.807, 2.05) is 37.3 Å². The van der Waals surface area contributed by atoms with Crippen LogP contribution in [0.3, 0.4) is 0 Å². The predicted octanol–water partition coefficient (Wildman–Crippen LogP) is 3.14. The summed E-state index contributed by atoms with van der Waals surface area (Å²) in [6, 6.07) is 12.4. The number of nitrogens with zero attached hydrogens (tertiary/aromatic N) is 1. The van der Waals surface area contributed by atoms with Gasteiger partial charge < -0.3 is 20.1 Å². The lowest BCUT2D eigenvalue weighted by molar-refractivity contribution is -0.134. The van der Waals surface area contributed by atoms with E-state index in [0.717, 1.165) is 5.56 Å². The normalized spacial score (nSPS) is 10.3. The smallest absolute Gasteiger partial charge is 0.342 e. The Balaban J connectivity index is 2.01. The standard InChI is InChI=1S/C19H21ClN2O4/c1-3-22(11-13-7-5-4-6-8-13)18(23)12-26-19(24)14-9-15(20)16(21)10-17(14)25-2/h4-10H,3,11-12,21H2,1-2H3. The van der Waals surface area contributed by atoms with Crippen LogP contribution >= 0.6 is 11.6 Å². The predicted molar refractivity (Wildman–Crippen MR) is 100 cm³/mol. The average molecular weight is 377 g/mol. The number of amides is 1. The van der Waals surface area contributed by atoms with Gasteiger partial charge in [-0.1, -0.05) is 41.9 Å². The highest BCUT2D eigenvalue weighted by molar-refractivity contribution is 6.33. The van der Waals surface area contributed by atoms with Crippen LogP contribution in [-0.4, -0.2) is 37.0 Å². The highest BCUT2D eigenvalue weighted by Crippen LogP contribution is 2.29. The molecule has 2 N–H and O–H groups in total. The van der Waals surface area contributed by atoms with Crippen molar-refractivity contribution in [3.63, 3.8) is 0 Å². The van der Waals surface area contributed by atoms with Crippen LogP contribution in [0.1, 0.15) is 22.8 Å². The van der Waals surface area contributed by atoms with Crippen LogP contribution in [0.4, 0.5) is 5.69 Å². The van der Waals surface area contributed by atoms with Gasteiger partial charge in [0.1, 0.15) is 11.3 Å². The third kappa shape index (κ3) is 4.89. The molecule has 0 bridgehead atoms.